The van der Waals surface area contributed by atoms with Gasteiger partial charge in [-0.2, -0.15) is 0 Å². The number of aryl methyl sites for hydroxylation is 2. The van der Waals surface area contributed by atoms with E-state index in [1.165, 1.54) is 31.4 Å². The Hall–Kier alpha value is -3.63. The first-order valence-electron chi connectivity index (χ1n) is 14.6. The first-order valence-corrected chi connectivity index (χ1v) is 14.6. The summed E-state index contributed by atoms with van der Waals surface area (Å²) in [5, 5.41) is 28.1. The number of amides is 3. The monoisotopic (exact) mass is 584 g/mol. The number of benzene rings is 2. The maximum Gasteiger partial charge on any atom is 0.246 e. The van der Waals surface area contributed by atoms with Gasteiger partial charge in [0.15, 0.2) is 0 Å². The van der Waals surface area contributed by atoms with Crippen molar-refractivity contribution in [2.24, 2.45) is 5.92 Å². The summed E-state index contributed by atoms with van der Waals surface area (Å²) in [7, 11) is 1.51. The molecule has 0 spiro atoms. The molecule has 0 bridgehead atoms. The zero-order chi connectivity index (χ0) is 31.3. The summed E-state index contributed by atoms with van der Waals surface area (Å²) in [6, 6.07) is 13.2. The number of likely N-dealkylation sites (N-methyl/N-ethyl adjacent to an activating group) is 1. The van der Waals surface area contributed by atoms with E-state index in [1.54, 1.807) is 12.1 Å². The van der Waals surface area contributed by atoms with Crippen molar-refractivity contribution >= 4 is 17.7 Å². The Morgan fingerprint density at radius 2 is 1.71 bits per heavy atom. The molecular weight excluding hydrogens is 536 g/mol. The number of fused-ring (bicyclic) bond motifs is 1. The number of hydrogen-bond donors (Lipinski definition) is 5. The number of ether oxygens (including phenoxy) is 1. The number of aromatic hydroxyl groups is 1. The summed E-state index contributed by atoms with van der Waals surface area (Å²) in [5.41, 5.74) is 0.704. The first kappa shape index (κ1) is 34.6. The predicted molar refractivity (Wildman–Crippen MR) is 163 cm³/mol. The Balaban J connectivity index is 0.000000661. The fourth-order valence-corrected chi connectivity index (χ4v) is 4.69. The molecule has 2 aromatic rings. The molecule has 3 unspecified atom stereocenters. The van der Waals surface area contributed by atoms with Crippen molar-refractivity contribution < 1.29 is 29.3 Å². The van der Waals surface area contributed by atoms with Crippen LogP contribution in [0.4, 0.5) is 0 Å². The Labute approximate surface area is 249 Å². The molecule has 0 fully saturated rings. The molecule has 1 heterocycles. The van der Waals surface area contributed by atoms with Gasteiger partial charge in [0, 0.05) is 20.1 Å². The standard InChI is InChI=1S/C25H40N4O5.C7H8O/c1-6-17(2)21-24(32)29(5)22(25(3,4)33)23(31)28-16-20(30)26-13-9-11-18-10-7-8-12-19(18)34-15-14-27-21;1-6-2-4-7(8)5-3-6/h7-8,10,12,17,21-22,27,33H,6,9,11,13-16H2,1-5H3,(H,26,30)(H,28,31);2-5,8H,1H3. The van der Waals surface area contributed by atoms with E-state index in [0.29, 0.717) is 25.4 Å². The third kappa shape index (κ3) is 11.0. The molecule has 10 nitrogen and oxygen atoms in total. The summed E-state index contributed by atoms with van der Waals surface area (Å²) in [6.07, 6.45) is 2.20. The van der Waals surface area contributed by atoms with Gasteiger partial charge >= 0.3 is 0 Å². The Kier molecular flexibility index (Phi) is 13.8. The molecule has 3 amide bonds. The number of carbonyl (C=O) groups is 3. The second kappa shape index (κ2) is 16.7. The van der Waals surface area contributed by atoms with E-state index >= 15 is 0 Å². The molecule has 0 saturated carbocycles. The van der Waals surface area contributed by atoms with Gasteiger partial charge in [0.05, 0.1) is 18.2 Å². The number of aliphatic hydroxyl groups is 1. The zero-order valence-electron chi connectivity index (χ0n) is 25.8. The van der Waals surface area contributed by atoms with E-state index in [9.17, 15) is 19.5 Å². The molecule has 3 atom stereocenters. The van der Waals surface area contributed by atoms with Crippen molar-refractivity contribution in [2.45, 2.75) is 71.6 Å². The molecule has 1 aliphatic heterocycles. The highest BCUT2D eigenvalue weighted by Gasteiger charge is 2.41. The van der Waals surface area contributed by atoms with E-state index in [4.69, 9.17) is 9.84 Å². The number of nitrogens with one attached hydrogen (secondary N) is 3. The van der Waals surface area contributed by atoms with Crippen LogP contribution in [0.25, 0.3) is 0 Å². The SMILES string of the molecule is CCC(C)C1NCCOc2ccccc2CCCNC(=O)CNC(=O)C(C(C)(C)O)N(C)C1=O.Cc1ccc(O)cc1. The summed E-state index contributed by atoms with van der Waals surface area (Å²) in [5.74, 6) is -0.113. The lowest BCUT2D eigenvalue weighted by atomic mass is 9.93. The minimum Gasteiger partial charge on any atom is -0.508 e. The number of carbonyl (C=O) groups excluding carboxylic acids is 3. The highest BCUT2D eigenvalue weighted by atomic mass is 16.5. The molecule has 42 heavy (non-hydrogen) atoms. The lowest BCUT2D eigenvalue weighted by molar-refractivity contribution is -0.150. The van der Waals surface area contributed by atoms with Crippen LogP contribution in [0.5, 0.6) is 11.5 Å². The fraction of sp³-hybridized carbons (Fsp3) is 0.531. The van der Waals surface area contributed by atoms with Crippen LogP contribution in [0.3, 0.4) is 0 Å². The lowest BCUT2D eigenvalue weighted by Crippen LogP contribution is -2.62. The van der Waals surface area contributed by atoms with E-state index < -0.39 is 23.6 Å². The van der Waals surface area contributed by atoms with Crippen LogP contribution < -0.4 is 20.7 Å². The normalized spacial score (nSPS) is 20.4. The van der Waals surface area contributed by atoms with Crippen LogP contribution in [0.2, 0.25) is 0 Å². The van der Waals surface area contributed by atoms with E-state index in [1.807, 2.05) is 57.2 Å². The smallest absolute Gasteiger partial charge is 0.246 e. The molecule has 1 aliphatic rings. The first-order chi connectivity index (χ1) is 19.8. The van der Waals surface area contributed by atoms with Crippen LogP contribution in [0.15, 0.2) is 48.5 Å². The highest BCUT2D eigenvalue weighted by Crippen LogP contribution is 2.21. The number of phenolic OH excluding ortho intramolecular Hbond substituents is 1. The summed E-state index contributed by atoms with van der Waals surface area (Å²) in [6.45, 7) is 9.93. The van der Waals surface area contributed by atoms with Gasteiger partial charge in [-0.15, -0.1) is 0 Å². The van der Waals surface area contributed by atoms with Crippen molar-refractivity contribution in [2.75, 3.05) is 33.3 Å². The minimum atomic E-state index is -1.52. The number of para-hydroxylation sites is 1. The Morgan fingerprint density at radius 3 is 2.33 bits per heavy atom. The number of hydrogen-bond acceptors (Lipinski definition) is 7. The molecule has 0 aromatic heterocycles. The van der Waals surface area contributed by atoms with E-state index in [-0.39, 0.29) is 24.3 Å². The Bertz CT molecular complexity index is 1130. The van der Waals surface area contributed by atoms with Gasteiger partial charge in [0.1, 0.15) is 24.1 Å². The van der Waals surface area contributed by atoms with Gasteiger partial charge < -0.3 is 35.8 Å². The maximum atomic E-state index is 13.5. The van der Waals surface area contributed by atoms with Crippen molar-refractivity contribution in [3.8, 4) is 11.5 Å². The van der Waals surface area contributed by atoms with Crippen molar-refractivity contribution in [1.29, 1.82) is 0 Å². The third-order valence-electron chi connectivity index (χ3n) is 7.23. The Morgan fingerprint density at radius 1 is 1.05 bits per heavy atom. The van der Waals surface area contributed by atoms with Gasteiger partial charge in [0.2, 0.25) is 17.7 Å². The van der Waals surface area contributed by atoms with Crippen LogP contribution in [-0.4, -0.2) is 83.8 Å². The van der Waals surface area contributed by atoms with Gasteiger partial charge in [-0.05, 0) is 63.3 Å². The molecule has 5 N–H and O–H groups in total. The lowest BCUT2D eigenvalue weighted by Gasteiger charge is -2.38. The third-order valence-corrected chi connectivity index (χ3v) is 7.23. The van der Waals surface area contributed by atoms with E-state index in [0.717, 1.165) is 30.6 Å². The number of nitrogens with zero attached hydrogens (tertiary/aromatic N) is 1. The second-order valence-electron chi connectivity index (χ2n) is 11.3. The van der Waals surface area contributed by atoms with Crippen LogP contribution >= 0.6 is 0 Å². The molecular formula is C32H48N4O6. The predicted octanol–water partition coefficient (Wildman–Crippen LogP) is 2.55. The molecule has 10 heteroatoms. The zero-order valence-corrected chi connectivity index (χ0v) is 25.8. The van der Waals surface area contributed by atoms with Crippen molar-refractivity contribution in [3.05, 3.63) is 59.7 Å². The number of rotatable bonds is 3. The molecule has 2 aromatic carbocycles. The maximum absolute atomic E-state index is 13.5. The van der Waals surface area contributed by atoms with Crippen LogP contribution in [-0.2, 0) is 20.8 Å². The van der Waals surface area contributed by atoms with Crippen LogP contribution in [0, 0.1) is 12.8 Å². The molecule has 3 rings (SSSR count). The van der Waals surface area contributed by atoms with Gasteiger partial charge in [-0.25, -0.2) is 0 Å². The largest absolute Gasteiger partial charge is 0.508 e. The van der Waals surface area contributed by atoms with Crippen LogP contribution in [0.1, 0.15) is 51.7 Å². The van der Waals surface area contributed by atoms with Crippen molar-refractivity contribution in [3.63, 3.8) is 0 Å². The summed E-state index contributed by atoms with van der Waals surface area (Å²) < 4.78 is 5.99. The average Bonchev–Trinajstić information content (AvgIpc) is 2.95. The second-order valence-corrected chi connectivity index (χ2v) is 11.3. The quantitative estimate of drug-likeness (QED) is 0.374. The van der Waals surface area contributed by atoms with E-state index in [2.05, 4.69) is 16.0 Å². The topological polar surface area (TPSA) is 140 Å². The summed E-state index contributed by atoms with van der Waals surface area (Å²) in [4.78, 5) is 39.9. The highest BCUT2D eigenvalue weighted by molar-refractivity contribution is 5.92. The average molecular weight is 585 g/mol. The van der Waals surface area contributed by atoms with Gasteiger partial charge in [-0.3, -0.25) is 14.4 Å². The molecule has 0 radical (unpaired) electrons. The van der Waals surface area contributed by atoms with Crippen molar-refractivity contribution in [1.82, 2.24) is 20.9 Å². The van der Waals surface area contributed by atoms with Gasteiger partial charge in [-0.1, -0.05) is 56.2 Å². The van der Waals surface area contributed by atoms with Gasteiger partial charge in [0.25, 0.3) is 0 Å². The molecule has 0 saturated heterocycles. The number of phenols is 1. The molecule has 232 valence electrons. The summed E-state index contributed by atoms with van der Waals surface area (Å²) >= 11 is 0. The fourth-order valence-electron chi connectivity index (χ4n) is 4.69. The molecule has 0 aliphatic carbocycles. The minimum absolute atomic E-state index is 0.0101.